The van der Waals surface area contributed by atoms with Crippen molar-refractivity contribution in [1.29, 1.82) is 0 Å². The Morgan fingerprint density at radius 1 is 1.14 bits per heavy atom. The molecule has 1 fully saturated rings. The van der Waals surface area contributed by atoms with Gasteiger partial charge in [-0.3, -0.25) is 4.40 Å². The zero-order valence-corrected chi connectivity index (χ0v) is 19.2. The van der Waals surface area contributed by atoms with E-state index in [9.17, 15) is 8.42 Å². The Balaban J connectivity index is 1.55. The Kier molecular flexibility index (Phi) is 5.21. The van der Waals surface area contributed by atoms with Crippen LogP contribution in [0.2, 0.25) is 0 Å². The van der Waals surface area contributed by atoms with E-state index in [1.807, 2.05) is 13.8 Å². The normalized spacial score (nSPS) is 16.6. The number of thiazole rings is 1. The maximum absolute atomic E-state index is 13.1. The first-order valence-electron chi connectivity index (χ1n) is 9.83. The van der Waals surface area contributed by atoms with E-state index in [0.29, 0.717) is 29.7 Å². The highest BCUT2D eigenvalue weighted by Crippen LogP contribution is 2.36. The van der Waals surface area contributed by atoms with Crippen molar-refractivity contribution in [2.75, 3.05) is 20.2 Å². The summed E-state index contributed by atoms with van der Waals surface area (Å²) < 4.78 is 35.3. The second-order valence-electron chi connectivity index (χ2n) is 7.74. The second kappa shape index (κ2) is 7.41. The lowest BCUT2D eigenvalue weighted by molar-refractivity contribution is 0.318. The highest BCUT2D eigenvalue weighted by Gasteiger charge is 2.32. The molecule has 3 aromatic rings. The molecule has 0 spiro atoms. The number of aromatic nitrogens is 2. The molecule has 156 valence electrons. The van der Waals surface area contributed by atoms with E-state index < -0.39 is 10.0 Å². The minimum atomic E-state index is -3.50. The van der Waals surface area contributed by atoms with E-state index in [4.69, 9.17) is 9.72 Å². The van der Waals surface area contributed by atoms with Gasteiger partial charge in [0.25, 0.3) is 0 Å². The van der Waals surface area contributed by atoms with Gasteiger partial charge >= 0.3 is 0 Å². The molecule has 29 heavy (non-hydrogen) atoms. The topological polar surface area (TPSA) is 63.9 Å². The van der Waals surface area contributed by atoms with E-state index >= 15 is 0 Å². The Hall–Kier alpha value is -1.90. The molecule has 0 saturated carbocycles. The average molecular weight is 434 g/mol. The van der Waals surface area contributed by atoms with Gasteiger partial charge in [0, 0.05) is 29.6 Å². The molecule has 0 bridgehead atoms. The smallest absolute Gasteiger partial charge is 0.243 e. The second-order valence-corrected chi connectivity index (χ2v) is 10.9. The van der Waals surface area contributed by atoms with Crippen molar-refractivity contribution in [2.45, 2.75) is 51.3 Å². The first-order chi connectivity index (χ1) is 13.7. The summed E-state index contributed by atoms with van der Waals surface area (Å²) in [7, 11) is -1.91. The number of methoxy groups -OCH3 is 1. The lowest BCUT2D eigenvalue weighted by Gasteiger charge is -2.30. The molecule has 6 nitrogen and oxygen atoms in total. The number of piperidine rings is 1. The monoisotopic (exact) mass is 433 g/mol. The number of hydrogen-bond acceptors (Lipinski definition) is 5. The zero-order chi connectivity index (χ0) is 20.9. The molecule has 0 amide bonds. The number of aryl methyl sites for hydroxylation is 4. The fraction of sp³-hybridized carbons (Fsp3) is 0.476. The van der Waals surface area contributed by atoms with Crippen molar-refractivity contribution < 1.29 is 13.2 Å². The summed E-state index contributed by atoms with van der Waals surface area (Å²) in [6.45, 7) is 9.20. The minimum Gasteiger partial charge on any atom is -0.496 e. The van der Waals surface area contributed by atoms with Gasteiger partial charge in [0.2, 0.25) is 10.0 Å². The Morgan fingerprint density at radius 2 is 1.83 bits per heavy atom. The third-order valence-electron chi connectivity index (χ3n) is 5.97. The molecule has 8 heteroatoms. The lowest BCUT2D eigenvalue weighted by Crippen LogP contribution is -2.38. The van der Waals surface area contributed by atoms with Crippen LogP contribution in [0.3, 0.4) is 0 Å². The van der Waals surface area contributed by atoms with Gasteiger partial charge in [-0.05, 0) is 64.3 Å². The molecule has 0 radical (unpaired) electrons. The van der Waals surface area contributed by atoms with E-state index in [-0.39, 0.29) is 0 Å². The van der Waals surface area contributed by atoms with Crippen molar-refractivity contribution in [2.24, 2.45) is 0 Å². The molecular weight excluding hydrogens is 406 g/mol. The third kappa shape index (κ3) is 3.37. The molecule has 2 aromatic heterocycles. The van der Waals surface area contributed by atoms with Crippen molar-refractivity contribution in [3.63, 3.8) is 0 Å². The Bertz CT molecular complexity index is 1170. The first-order valence-corrected chi connectivity index (χ1v) is 12.1. The fourth-order valence-electron chi connectivity index (χ4n) is 4.20. The molecule has 0 atom stereocenters. The molecule has 1 saturated heterocycles. The summed E-state index contributed by atoms with van der Waals surface area (Å²) in [6.07, 6.45) is 1.58. The van der Waals surface area contributed by atoms with Gasteiger partial charge < -0.3 is 4.74 Å². The Labute approximate surface area is 176 Å². The summed E-state index contributed by atoms with van der Waals surface area (Å²) in [5.41, 5.74) is 3.19. The number of nitrogens with zero attached hydrogens (tertiary/aromatic N) is 3. The van der Waals surface area contributed by atoms with Crippen LogP contribution in [0.25, 0.3) is 4.83 Å². The van der Waals surface area contributed by atoms with Crippen LogP contribution in [0.15, 0.2) is 23.1 Å². The average Bonchev–Trinajstić information content (AvgIpc) is 3.18. The van der Waals surface area contributed by atoms with Gasteiger partial charge in [-0.1, -0.05) is 0 Å². The quantitative estimate of drug-likeness (QED) is 0.618. The van der Waals surface area contributed by atoms with Gasteiger partial charge in [0.1, 0.15) is 16.4 Å². The number of hydrogen-bond donors (Lipinski definition) is 0. The summed E-state index contributed by atoms with van der Waals surface area (Å²) in [5.74, 6) is 2.00. The molecule has 0 aliphatic carbocycles. The highest BCUT2D eigenvalue weighted by atomic mass is 32.2. The van der Waals surface area contributed by atoms with Crippen molar-refractivity contribution in [3.05, 3.63) is 45.9 Å². The molecule has 4 rings (SSSR count). The SMILES string of the molecule is COc1ccc(S(=O)(=O)N2CCC(c3nc(C)n4c(C)c(C)sc34)CC2)cc1C. The number of ether oxygens (including phenoxy) is 1. The van der Waals surface area contributed by atoms with Gasteiger partial charge in [0.05, 0.1) is 17.7 Å². The van der Waals surface area contributed by atoms with Crippen molar-refractivity contribution in [1.82, 2.24) is 13.7 Å². The number of imidazole rings is 1. The van der Waals surface area contributed by atoms with Gasteiger partial charge in [0.15, 0.2) is 0 Å². The third-order valence-corrected chi connectivity index (χ3v) is 9.05. The van der Waals surface area contributed by atoms with Crippen LogP contribution in [-0.4, -0.2) is 42.3 Å². The largest absolute Gasteiger partial charge is 0.496 e. The van der Waals surface area contributed by atoms with Crippen LogP contribution >= 0.6 is 11.3 Å². The van der Waals surface area contributed by atoms with Crippen LogP contribution in [-0.2, 0) is 10.0 Å². The summed E-state index contributed by atoms with van der Waals surface area (Å²) >= 11 is 1.78. The molecule has 0 unspecified atom stereocenters. The minimum absolute atomic E-state index is 0.292. The Morgan fingerprint density at radius 3 is 2.45 bits per heavy atom. The number of rotatable bonds is 4. The molecular formula is C21H27N3O3S2. The standard InChI is InChI=1S/C21H27N3O3S2/c1-13-12-18(6-7-19(13)27-5)29(25,26)23-10-8-17(9-11-23)20-21-24(16(4)22-20)14(2)15(3)28-21/h6-7,12,17H,8-11H2,1-5H3. The van der Waals surface area contributed by atoms with Crippen molar-refractivity contribution >= 4 is 26.2 Å². The lowest BCUT2D eigenvalue weighted by atomic mass is 9.95. The predicted octanol–water partition coefficient (Wildman–Crippen LogP) is 4.21. The highest BCUT2D eigenvalue weighted by molar-refractivity contribution is 7.89. The molecule has 0 N–H and O–H groups in total. The maximum Gasteiger partial charge on any atom is 0.243 e. The van der Waals surface area contributed by atoms with E-state index in [1.54, 1.807) is 41.0 Å². The van der Waals surface area contributed by atoms with Crippen LogP contribution in [0.5, 0.6) is 5.75 Å². The molecule has 3 heterocycles. The van der Waals surface area contributed by atoms with Gasteiger partial charge in [-0.25, -0.2) is 13.4 Å². The van der Waals surface area contributed by atoms with E-state index in [2.05, 4.69) is 18.2 Å². The van der Waals surface area contributed by atoms with Gasteiger partial charge in [-0.2, -0.15) is 4.31 Å². The van der Waals surface area contributed by atoms with E-state index in [1.165, 1.54) is 15.4 Å². The molecule has 1 aliphatic rings. The zero-order valence-electron chi connectivity index (χ0n) is 17.5. The van der Waals surface area contributed by atoms with Gasteiger partial charge in [-0.15, -0.1) is 11.3 Å². The number of sulfonamides is 1. The number of fused-ring (bicyclic) bond motifs is 1. The fourth-order valence-corrected chi connectivity index (χ4v) is 6.96. The molecule has 1 aliphatic heterocycles. The molecule has 1 aromatic carbocycles. The maximum atomic E-state index is 13.1. The van der Waals surface area contributed by atoms with Crippen LogP contribution in [0.1, 0.15) is 46.4 Å². The van der Waals surface area contributed by atoms with Crippen LogP contribution in [0.4, 0.5) is 0 Å². The van der Waals surface area contributed by atoms with Crippen LogP contribution < -0.4 is 4.74 Å². The number of benzene rings is 1. The summed E-state index contributed by atoms with van der Waals surface area (Å²) in [5, 5.41) is 0. The van der Waals surface area contributed by atoms with Crippen LogP contribution in [0, 0.1) is 27.7 Å². The first kappa shape index (κ1) is 20.4. The predicted molar refractivity (Wildman–Crippen MR) is 116 cm³/mol. The summed E-state index contributed by atoms with van der Waals surface area (Å²) in [6, 6.07) is 5.05. The van der Waals surface area contributed by atoms with E-state index in [0.717, 1.165) is 29.9 Å². The summed E-state index contributed by atoms with van der Waals surface area (Å²) in [4.78, 5) is 7.70. The van der Waals surface area contributed by atoms with Crippen molar-refractivity contribution in [3.8, 4) is 5.75 Å².